The lowest BCUT2D eigenvalue weighted by molar-refractivity contribution is -0.137. The van der Waals surface area contributed by atoms with E-state index in [4.69, 9.17) is 9.47 Å². The number of piperidine rings is 1. The highest BCUT2D eigenvalue weighted by molar-refractivity contribution is 6.27. The van der Waals surface area contributed by atoms with Crippen LogP contribution in [0, 0.1) is 11.8 Å². The number of benzene rings is 2. The van der Waals surface area contributed by atoms with E-state index >= 15 is 0 Å². The van der Waals surface area contributed by atoms with Crippen LogP contribution in [0.25, 0.3) is 0 Å². The second-order valence-corrected chi connectivity index (χ2v) is 9.87. The smallest absolute Gasteiger partial charge is 0.337 e. The molecule has 5 rings (SSSR count). The average Bonchev–Trinajstić information content (AvgIpc) is 3.42. The number of rotatable bonds is 5. The van der Waals surface area contributed by atoms with Crippen LogP contribution in [0.15, 0.2) is 66.4 Å². The van der Waals surface area contributed by atoms with Crippen molar-refractivity contribution in [2.24, 2.45) is 11.8 Å². The Hall–Kier alpha value is -3.45. The van der Waals surface area contributed by atoms with Crippen molar-refractivity contribution in [1.29, 1.82) is 0 Å². The molecule has 2 aromatic rings. The maximum Gasteiger partial charge on any atom is 0.337 e. The second kappa shape index (κ2) is 9.54. The summed E-state index contributed by atoms with van der Waals surface area (Å²) in [5.74, 6) is -0.770. The molecule has 4 atom stereocenters. The lowest BCUT2D eigenvalue weighted by Gasteiger charge is -2.45. The molecule has 3 aliphatic heterocycles. The number of carbonyl (C=O) groups excluding carboxylic acids is 3. The van der Waals surface area contributed by atoms with Crippen molar-refractivity contribution in [1.82, 2.24) is 4.90 Å². The highest BCUT2D eigenvalue weighted by Crippen LogP contribution is 2.55. The summed E-state index contributed by atoms with van der Waals surface area (Å²) in [7, 11) is 2.91. The zero-order valence-electron chi connectivity index (χ0n) is 21.0. The van der Waals surface area contributed by atoms with E-state index in [-0.39, 0.29) is 29.7 Å². The number of ether oxygens (including phenoxy) is 2. The van der Waals surface area contributed by atoms with E-state index in [1.165, 1.54) is 25.4 Å². The fourth-order valence-electron chi connectivity index (χ4n) is 6.66. The Morgan fingerprint density at radius 1 is 1.08 bits per heavy atom. The summed E-state index contributed by atoms with van der Waals surface area (Å²) in [5, 5.41) is 0. The summed E-state index contributed by atoms with van der Waals surface area (Å²) in [5.41, 5.74) is 1.70. The van der Waals surface area contributed by atoms with Gasteiger partial charge in [0.2, 0.25) is 5.91 Å². The number of esters is 1. The zero-order valence-corrected chi connectivity index (χ0v) is 21.0. The van der Waals surface area contributed by atoms with E-state index in [2.05, 4.69) is 11.8 Å². The molecule has 7 nitrogen and oxygen atoms in total. The number of fused-ring (bicyclic) bond motifs is 4. The molecule has 0 bridgehead atoms. The van der Waals surface area contributed by atoms with Gasteiger partial charge in [-0.05, 0) is 55.0 Å². The minimum Gasteiger partial charge on any atom is -0.504 e. The molecule has 188 valence electrons. The normalized spacial score (nSPS) is 27.6. The Labute approximate surface area is 211 Å². The van der Waals surface area contributed by atoms with Crippen molar-refractivity contribution in [3.63, 3.8) is 0 Å². The second-order valence-electron chi connectivity index (χ2n) is 9.87. The quantitative estimate of drug-likeness (QED) is 0.275. The maximum atomic E-state index is 14.3. The molecule has 0 aromatic heterocycles. The van der Waals surface area contributed by atoms with E-state index in [0.29, 0.717) is 29.7 Å². The van der Waals surface area contributed by atoms with Gasteiger partial charge in [-0.3, -0.25) is 14.5 Å². The van der Waals surface area contributed by atoms with E-state index in [1.54, 1.807) is 24.3 Å². The molecular formula is C29H32N2O5. The van der Waals surface area contributed by atoms with Crippen molar-refractivity contribution in [3.05, 3.63) is 77.6 Å². The van der Waals surface area contributed by atoms with Gasteiger partial charge in [-0.1, -0.05) is 49.7 Å². The van der Waals surface area contributed by atoms with E-state index < -0.39 is 11.4 Å². The van der Waals surface area contributed by atoms with Crippen LogP contribution >= 0.6 is 0 Å². The lowest BCUT2D eigenvalue weighted by atomic mass is 9.67. The topological polar surface area (TPSA) is 76.2 Å². The summed E-state index contributed by atoms with van der Waals surface area (Å²) in [6.07, 6.45) is 3.63. The Morgan fingerprint density at radius 3 is 2.50 bits per heavy atom. The number of nitrogens with zero attached hydrogens (tertiary/aromatic N) is 2. The number of carbonyl (C=O) groups is 3. The first-order valence-corrected chi connectivity index (χ1v) is 12.6. The van der Waals surface area contributed by atoms with Crippen LogP contribution < -0.4 is 4.90 Å². The molecule has 2 saturated heterocycles. The molecule has 7 heteroatoms. The van der Waals surface area contributed by atoms with Gasteiger partial charge in [0.25, 0.3) is 5.91 Å². The number of hydrogen-bond acceptors (Lipinski definition) is 6. The number of para-hydroxylation sites is 1. The first-order valence-electron chi connectivity index (χ1n) is 12.6. The van der Waals surface area contributed by atoms with Crippen molar-refractivity contribution in [2.45, 2.75) is 37.6 Å². The molecule has 0 N–H and O–H groups in total. The standard InChI is InChI=1S/C29H32N2O5/c1-4-19-17-30-15-14-29(25(30)16-21(19)22(18-35-2)27(33)36-3)23-12-8-9-13-24(23)31(28(29)34)26(32)20-10-6-5-7-11-20/h5-13,18-19,21,25H,4,14-17H2,1-3H3/b22-18+/t19-,21-,25?,29+/m0/s1. The molecule has 3 heterocycles. The Kier molecular flexibility index (Phi) is 6.43. The zero-order chi connectivity index (χ0) is 25.4. The molecule has 36 heavy (non-hydrogen) atoms. The molecule has 2 fully saturated rings. The Bertz CT molecular complexity index is 1210. The molecule has 2 aromatic carbocycles. The first-order chi connectivity index (χ1) is 17.5. The summed E-state index contributed by atoms with van der Waals surface area (Å²) >= 11 is 0. The monoisotopic (exact) mass is 488 g/mol. The number of hydrogen-bond donors (Lipinski definition) is 0. The maximum absolute atomic E-state index is 14.3. The Balaban J connectivity index is 1.58. The molecule has 3 aliphatic rings. The van der Waals surface area contributed by atoms with Crippen molar-refractivity contribution >= 4 is 23.5 Å². The predicted octanol–water partition coefficient (Wildman–Crippen LogP) is 3.94. The highest BCUT2D eigenvalue weighted by Gasteiger charge is 2.63. The molecular weight excluding hydrogens is 456 g/mol. The molecule has 0 radical (unpaired) electrons. The largest absolute Gasteiger partial charge is 0.504 e. The van der Waals surface area contributed by atoms with E-state index in [0.717, 1.165) is 25.1 Å². The van der Waals surface area contributed by atoms with Gasteiger partial charge in [0, 0.05) is 18.2 Å². The Morgan fingerprint density at radius 2 is 1.81 bits per heavy atom. The third kappa shape index (κ3) is 3.56. The van der Waals surface area contributed by atoms with Gasteiger partial charge in [-0.2, -0.15) is 0 Å². The lowest BCUT2D eigenvalue weighted by Crippen LogP contribution is -2.55. The predicted molar refractivity (Wildman–Crippen MR) is 135 cm³/mol. The average molecular weight is 489 g/mol. The third-order valence-corrected chi connectivity index (χ3v) is 8.34. The summed E-state index contributed by atoms with van der Waals surface area (Å²) < 4.78 is 10.4. The number of amides is 2. The third-order valence-electron chi connectivity index (χ3n) is 8.34. The molecule has 1 spiro atoms. The van der Waals surface area contributed by atoms with Gasteiger partial charge in [0.1, 0.15) is 0 Å². The fourth-order valence-corrected chi connectivity index (χ4v) is 6.66. The summed E-state index contributed by atoms with van der Waals surface area (Å²) in [6.45, 7) is 3.67. The van der Waals surface area contributed by atoms with Gasteiger partial charge in [0.15, 0.2) is 0 Å². The molecule has 0 saturated carbocycles. The van der Waals surface area contributed by atoms with Crippen LogP contribution in [0.3, 0.4) is 0 Å². The minimum atomic E-state index is -0.841. The molecule has 2 amide bonds. The number of methoxy groups -OCH3 is 2. The highest BCUT2D eigenvalue weighted by atomic mass is 16.5. The number of imide groups is 1. The van der Waals surface area contributed by atoms with E-state index in [9.17, 15) is 14.4 Å². The fraction of sp³-hybridized carbons (Fsp3) is 0.414. The van der Waals surface area contributed by atoms with Crippen molar-refractivity contribution in [3.8, 4) is 0 Å². The van der Waals surface area contributed by atoms with Crippen LogP contribution in [0.5, 0.6) is 0 Å². The van der Waals surface area contributed by atoms with Crippen molar-refractivity contribution in [2.75, 3.05) is 32.2 Å². The summed E-state index contributed by atoms with van der Waals surface area (Å²) in [4.78, 5) is 44.4. The van der Waals surface area contributed by atoms with Gasteiger partial charge in [0.05, 0.1) is 37.2 Å². The van der Waals surface area contributed by atoms with Gasteiger partial charge in [-0.15, -0.1) is 0 Å². The minimum absolute atomic E-state index is 0.113. The van der Waals surface area contributed by atoms with Gasteiger partial charge < -0.3 is 9.47 Å². The van der Waals surface area contributed by atoms with Gasteiger partial charge >= 0.3 is 5.97 Å². The van der Waals surface area contributed by atoms with E-state index in [1.807, 2.05) is 30.3 Å². The molecule has 0 aliphatic carbocycles. The van der Waals surface area contributed by atoms with Crippen molar-refractivity contribution < 1.29 is 23.9 Å². The van der Waals surface area contributed by atoms with Crippen LogP contribution in [0.4, 0.5) is 5.69 Å². The first kappa shape index (κ1) is 24.3. The van der Waals surface area contributed by atoms with Gasteiger partial charge in [-0.25, -0.2) is 9.69 Å². The number of anilines is 1. The van der Waals surface area contributed by atoms with Crippen LogP contribution in [0.2, 0.25) is 0 Å². The molecule has 1 unspecified atom stereocenters. The van der Waals surface area contributed by atoms with Crippen LogP contribution in [-0.2, 0) is 24.5 Å². The van der Waals surface area contributed by atoms with Crippen LogP contribution in [-0.4, -0.2) is 56.0 Å². The summed E-state index contributed by atoms with van der Waals surface area (Å²) in [6, 6.07) is 16.5. The van der Waals surface area contributed by atoms with Crippen LogP contribution in [0.1, 0.15) is 42.1 Å². The SMILES string of the molecule is CC[C@H]1CN2CC[C@]3(C(=O)N(C(=O)c4ccccc4)c4ccccc43)C2C[C@@H]1/C(=C\OC)C(=O)OC.